The summed E-state index contributed by atoms with van der Waals surface area (Å²) in [6.45, 7) is 1.99. The van der Waals surface area contributed by atoms with Crippen LogP contribution in [0, 0.1) is 0 Å². The number of nitrogens with one attached hydrogen (secondary N) is 2. The molecule has 0 radical (unpaired) electrons. The third-order valence-corrected chi connectivity index (χ3v) is 3.85. The average molecular weight is 390 g/mol. The number of ether oxygens (including phenoxy) is 1. The standard InChI is InChI=1S/C19H20ClN3O4/c1-12(22-23-19(26)16-10-14(20)5-8-17(16)24)9-18(25)21-11-13-3-6-15(27-2)7-4-13/h3-8,10,24H,9,11H2,1-2H3,(H,21,25)(H,23,26)/b22-12+. The van der Waals surface area contributed by atoms with E-state index in [0.717, 1.165) is 11.3 Å². The van der Waals surface area contributed by atoms with E-state index in [9.17, 15) is 14.7 Å². The van der Waals surface area contributed by atoms with Gasteiger partial charge in [-0.05, 0) is 42.8 Å². The molecule has 0 atom stereocenters. The zero-order valence-corrected chi connectivity index (χ0v) is 15.7. The second-order valence-corrected chi connectivity index (χ2v) is 6.19. The fourth-order valence-corrected chi connectivity index (χ4v) is 2.35. The van der Waals surface area contributed by atoms with Crippen LogP contribution < -0.4 is 15.5 Å². The summed E-state index contributed by atoms with van der Waals surface area (Å²) in [7, 11) is 1.59. The molecule has 0 aliphatic heterocycles. The number of hydrazone groups is 1. The molecule has 0 fully saturated rings. The second kappa shape index (κ2) is 9.59. The number of carbonyl (C=O) groups is 2. The summed E-state index contributed by atoms with van der Waals surface area (Å²) in [6, 6.07) is 11.5. The van der Waals surface area contributed by atoms with Crippen LogP contribution in [0.25, 0.3) is 0 Å². The van der Waals surface area contributed by atoms with Gasteiger partial charge in [-0.1, -0.05) is 23.7 Å². The van der Waals surface area contributed by atoms with E-state index >= 15 is 0 Å². The van der Waals surface area contributed by atoms with Crippen molar-refractivity contribution in [2.75, 3.05) is 7.11 Å². The fraction of sp³-hybridized carbons (Fsp3) is 0.211. The highest BCUT2D eigenvalue weighted by Gasteiger charge is 2.11. The number of hydrogen-bond acceptors (Lipinski definition) is 5. The molecule has 0 aromatic heterocycles. The number of carbonyl (C=O) groups excluding carboxylic acids is 2. The minimum absolute atomic E-state index is 0.00278. The van der Waals surface area contributed by atoms with E-state index in [4.69, 9.17) is 16.3 Å². The minimum atomic E-state index is -0.618. The van der Waals surface area contributed by atoms with Gasteiger partial charge in [-0.3, -0.25) is 9.59 Å². The molecule has 3 N–H and O–H groups in total. The van der Waals surface area contributed by atoms with E-state index in [2.05, 4.69) is 15.8 Å². The van der Waals surface area contributed by atoms with E-state index in [-0.39, 0.29) is 23.6 Å². The fourth-order valence-electron chi connectivity index (χ4n) is 2.17. The third kappa shape index (κ3) is 6.31. The van der Waals surface area contributed by atoms with Crippen molar-refractivity contribution in [3.05, 3.63) is 58.6 Å². The van der Waals surface area contributed by atoms with Gasteiger partial charge in [-0.15, -0.1) is 0 Å². The maximum atomic E-state index is 12.0. The first-order chi connectivity index (χ1) is 12.9. The van der Waals surface area contributed by atoms with E-state index in [0.29, 0.717) is 17.3 Å². The molecular formula is C19H20ClN3O4. The van der Waals surface area contributed by atoms with Gasteiger partial charge in [-0.2, -0.15) is 5.10 Å². The molecule has 27 heavy (non-hydrogen) atoms. The topological polar surface area (TPSA) is 100 Å². The lowest BCUT2D eigenvalue weighted by Gasteiger charge is -2.07. The lowest BCUT2D eigenvalue weighted by molar-refractivity contribution is -0.120. The third-order valence-electron chi connectivity index (χ3n) is 3.62. The Kier molecular flexibility index (Phi) is 7.19. The Balaban J connectivity index is 1.84. The number of phenolic OH excluding ortho intramolecular Hbond substituents is 1. The molecule has 0 heterocycles. The Hall–Kier alpha value is -3.06. The van der Waals surface area contributed by atoms with Gasteiger partial charge < -0.3 is 15.2 Å². The molecule has 2 rings (SSSR count). The summed E-state index contributed by atoms with van der Waals surface area (Å²) in [5.74, 6) is -0.309. The van der Waals surface area contributed by atoms with E-state index in [1.54, 1.807) is 14.0 Å². The molecule has 0 aliphatic rings. The first-order valence-corrected chi connectivity index (χ1v) is 8.48. The Morgan fingerprint density at radius 2 is 1.89 bits per heavy atom. The number of benzene rings is 2. The van der Waals surface area contributed by atoms with Crippen molar-refractivity contribution < 1.29 is 19.4 Å². The highest BCUT2D eigenvalue weighted by atomic mass is 35.5. The first-order valence-electron chi connectivity index (χ1n) is 8.10. The molecule has 8 heteroatoms. The number of halogens is 1. The van der Waals surface area contributed by atoms with E-state index < -0.39 is 5.91 Å². The minimum Gasteiger partial charge on any atom is -0.507 e. The van der Waals surface area contributed by atoms with Crippen LogP contribution >= 0.6 is 11.6 Å². The summed E-state index contributed by atoms with van der Waals surface area (Å²) in [5.41, 5.74) is 3.65. The molecule has 2 aromatic carbocycles. The zero-order valence-electron chi connectivity index (χ0n) is 15.0. The van der Waals surface area contributed by atoms with Crippen LogP contribution in [0.5, 0.6) is 11.5 Å². The summed E-state index contributed by atoms with van der Waals surface area (Å²) < 4.78 is 5.08. The first kappa shape index (κ1) is 20.3. The average Bonchev–Trinajstić information content (AvgIpc) is 2.66. The quantitative estimate of drug-likeness (QED) is 0.500. The molecule has 2 amide bonds. The number of aromatic hydroxyl groups is 1. The van der Waals surface area contributed by atoms with Crippen molar-refractivity contribution in [3.8, 4) is 11.5 Å². The molecule has 0 saturated heterocycles. The molecule has 0 unspecified atom stereocenters. The highest BCUT2D eigenvalue weighted by molar-refractivity contribution is 6.31. The van der Waals surface area contributed by atoms with Gasteiger partial charge in [0.2, 0.25) is 5.91 Å². The SMILES string of the molecule is COc1ccc(CNC(=O)C/C(C)=N/NC(=O)c2cc(Cl)ccc2O)cc1. The lowest BCUT2D eigenvalue weighted by Crippen LogP contribution is -2.26. The molecule has 0 aliphatic carbocycles. The molecule has 7 nitrogen and oxygen atoms in total. The van der Waals surface area contributed by atoms with Crippen molar-refractivity contribution >= 4 is 29.1 Å². The molecule has 0 saturated carbocycles. The largest absolute Gasteiger partial charge is 0.507 e. The number of methoxy groups -OCH3 is 1. The van der Waals surface area contributed by atoms with E-state index in [1.807, 2.05) is 24.3 Å². The smallest absolute Gasteiger partial charge is 0.275 e. The summed E-state index contributed by atoms with van der Waals surface area (Å²) >= 11 is 5.81. The summed E-state index contributed by atoms with van der Waals surface area (Å²) in [6.07, 6.45) is 0.0258. The monoisotopic (exact) mass is 389 g/mol. The lowest BCUT2D eigenvalue weighted by atomic mass is 10.2. The molecule has 0 spiro atoms. The molecule has 0 bridgehead atoms. The van der Waals surface area contributed by atoms with Crippen molar-refractivity contribution in [2.24, 2.45) is 5.10 Å². The second-order valence-electron chi connectivity index (χ2n) is 5.75. The van der Waals surface area contributed by atoms with Crippen molar-refractivity contribution in [1.82, 2.24) is 10.7 Å². The Morgan fingerprint density at radius 3 is 2.56 bits per heavy atom. The van der Waals surface area contributed by atoms with Gasteiger partial charge in [0.15, 0.2) is 0 Å². The maximum absolute atomic E-state index is 12.0. The van der Waals surface area contributed by atoms with Gasteiger partial charge in [0.05, 0.1) is 19.1 Å². The van der Waals surface area contributed by atoms with Crippen LogP contribution in [0.2, 0.25) is 5.02 Å². The molecular weight excluding hydrogens is 370 g/mol. The van der Waals surface area contributed by atoms with Crippen molar-refractivity contribution in [2.45, 2.75) is 19.9 Å². The Morgan fingerprint density at radius 1 is 1.19 bits per heavy atom. The van der Waals surface area contributed by atoms with Crippen molar-refractivity contribution in [1.29, 1.82) is 0 Å². The number of nitrogens with zero attached hydrogens (tertiary/aromatic N) is 1. The highest BCUT2D eigenvalue weighted by Crippen LogP contribution is 2.21. The molecule has 2 aromatic rings. The van der Waals surface area contributed by atoms with E-state index in [1.165, 1.54) is 18.2 Å². The van der Waals surface area contributed by atoms with Gasteiger partial charge in [0, 0.05) is 17.3 Å². The predicted octanol–water partition coefficient (Wildman–Crippen LogP) is 2.87. The van der Waals surface area contributed by atoms with Gasteiger partial charge >= 0.3 is 0 Å². The van der Waals surface area contributed by atoms with Crippen LogP contribution in [0.4, 0.5) is 0 Å². The number of rotatable bonds is 7. The van der Waals surface area contributed by atoms with Gasteiger partial charge in [0.25, 0.3) is 5.91 Å². The number of phenols is 1. The van der Waals surface area contributed by atoms with Crippen LogP contribution in [0.15, 0.2) is 47.6 Å². The maximum Gasteiger partial charge on any atom is 0.275 e. The van der Waals surface area contributed by atoms with Gasteiger partial charge in [-0.25, -0.2) is 5.43 Å². The number of amides is 2. The zero-order chi connectivity index (χ0) is 19.8. The Bertz CT molecular complexity index is 851. The van der Waals surface area contributed by atoms with Crippen LogP contribution in [0.1, 0.15) is 29.3 Å². The molecule has 142 valence electrons. The van der Waals surface area contributed by atoms with Crippen LogP contribution in [0.3, 0.4) is 0 Å². The number of hydrogen-bond donors (Lipinski definition) is 3. The van der Waals surface area contributed by atoms with Crippen LogP contribution in [-0.4, -0.2) is 29.7 Å². The Labute approximate surface area is 162 Å². The van der Waals surface area contributed by atoms with Gasteiger partial charge in [0.1, 0.15) is 11.5 Å². The summed E-state index contributed by atoms with van der Waals surface area (Å²) in [5, 5.41) is 16.7. The predicted molar refractivity (Wildman–Crippen MR) is 103 cm³/mol. The normalized spacial score (nSPS) is 11.0. The van der Waals surface area contributed by atoms with Crippen molar-refractivity contribution in [3.63, 3.8) is 0 Å². The summed E-state index contributed by atoms with van der Waals surface area (Å²) in [4.78, 5) is 24.0. The van der Waals surface area contributed by atoms with Crippen LogP contribution in [-0.2, 0) is 11.3 Å².